The van der Waals surface area contributed by atoms with Crippen LogP contribution in [0.3, 0.4) is 0 Å². The molecule has 8 heteroatoms. The van der Waals surface area contributed by atoms with Crippen LogP contribution in [0.25, 0.3) is 0 Å². The normalized spacial score (nSPS) is 10.5. The number of hydrogen-bond donors (Lipinski definition) is 1. The molecule has 2 aromatic heterocycles. The topological polar surface area (TPSA) is 98.9 Å². The van der Waals surface area contributed by atoms with Crippen LogP contribution in [0, 0.1) is 6.92 Å². The zero-order chi connectivity index (χ0) is 16.8. The van der Waals surface area contributed by atoms with Gasteiger partial charge < -0.3 is 5.32 Å². The highest BCUT2D eigenvalue weighted by atomic mass is 16.2. The number of aryl methyl sites for hydroxylation is 2. The van der Waals surface area contributed by atoms with Crippen LogP contribution in [0.15, 0.2) is 34.1 Å². The predicted octanol–water partition coefficient (Wildman–Crippen LogP) is -0.513. The monoisotopic (exact) mass is 317 g/mol. The quantitative estimate of drug-likeness (QED) is 0.773. The highest BCUT2D eigenvalue weighted by Gasteiger charge is 2.06. The summed E-state index contributed by atoms with van der Waals surface area (Å²) in [5.74, 6) is -0.337. The zero-order valence-corrected chi connectivity index (χ0v) is 13.2. The summed E-state index contributed by atoms with van der Waals surface area (Å²) >= 11 is 0. The third-order valence-corrected chi connectivity index (χ3v) is 3.27. The van der Waals surface area contributed by atoms with E-state index in [1.807, 2.05) is 6.92 Å². The molecular formula is C15H19N5O3. The summed E-state index contributed by atoms with van der Waals surface area (Å²) in [6, 6.07) is 4.45. The van der Waals surface area contributed by atoms with Crippen LogP contribution in [0.1, 0.15) is 18.3 Å². The largest absolute Gasteiger partial charge is 0.353 e. The van der Waals surface area contributed by atoms with E-state index in [-0.39, 0.29) is 30.1 Å². The van der Waals surface area contributed by atoms with E-state index >= 15 is 0 Å². The molecule has 2 heterocycles. The van der Waals surface area contributed by atoms with Crippen LogP contribution < -0.4 is 16.4 Å². The van der Waals surface area contributed by atoms with E-state index in [0.29, 0.717) is 18.7 Å². The Bertz CT molecular complexity index is 809. The van der Waals surface area contributed by atoms with Gasteiger partial charge in [-0.05, 0) is 19.4 Å². The lowest BCUT2D eigenvalue weighted by molar-refractivity contribution is -0.121. The van der Waals surface area contributed by atoms with Gasteiger partial charge in [0.25, 0.3) is 11.1 Å². The second kappa shape index (κ2) is 7.48. The van der Waals surface area contributed by atoms with Gasteiger partial charge in [0.2, 0.25) is 5.91 Å². The van der Waals surface area contributed by atoms with Gasteiger partial charge in [-0.3, -0.25) is 19.0 Å². The summed E-state index contributed by atoms with van der Waals surface area (Å²) < 4.78 is 2.53. The molecule has 0 bridgehead atoms. The van der Waals surface area contributed by atoms with Gasteiger partial charge in [-0.2, -0.15) is 5.10 Å². The van der Waals surface area contributed by atoms with Crippen molar-refractivity contribution in [2.45, 2.75) is 33.4 Å². The van der Waals surface area contributed by atoms with Gasteiger partial charge >= 0.3 is 0 Å². The van der Waals surface area contributed by atoms with E-state index < -0.39 is 0 Å². The predicted molar refractivity (Wildman–Crippen MR) is 84.1 cm³/mol. The third kappa shape index (κ3) is 4.60. The summed E-state index contributed by atoms with van der Waals surface area (Å²) in [7, 11) is 0. The summed E-state index contributed by atoms with van der Waals surface area (Å²) in [5, 5.41) is 6.65. The van der Waals surface area contributed by atoms with E-state index in [0.717, 1.165) is 10.4 Å². The van der Waals surface area contributed by atoms with Gasteiger partial charge in [0.1, 0.15) is 6.54 Å². The maximum Gasteiger partial charge on any atom is 0.267 e. The highest BCUT2D eigenvalue weighted by Crippen LogP contribution is 1.90. The van der Waals surface area contributed by atoms with Crippen molar-refractivity contribution in [2.75, 3.05) is 6.54 Å². The lowest BCUT2D eigenvalue weighted by Crippen LogP contribution is -2.36. The van der Waals surface area contributed by atoms with Gasteiger partial charge in [-0.25, -0.2) is 9.67 Å². The molecule has 1 N–H and O–H groups in total. The first-order valence-corrected chi connectivity index (χ1v) is 7.36. The van der Waals surface area contributed by atoms with E-state index in [1.165, 1.54) is 23.0 Å². The van der Waals surface area contributed by atoms with Crippen molar-refractivity contribution in [1.82, 2.24) is 24.6 Å². The molecule has 0 aliphatic carbocycles. The summed E-state index contributed by atoms with van der Waals surface area (Å²) in [6.07, 6.45) is 2.17. The van der Waals surface area contributed by atoms with E-state index in [1.54, 1.807) is 13.0 Å². The molecule has 8 nitrogen and oxygen atoms in total. The molecule has 0 radical (unpaired) electrons. The molecule has 2 rings (SSSR count). The maximum absolute atomic E-state index is 11.8. The van der Waals surface area contributed by atoms with Crippen LogP contribution >= 0.6 is 0 Å². The average molecular weight is 317 g/mol. The van der Waals surface area contributed by atoms with E-state index in [4.69, 9.17) is 0 Å². The molecule has 0 aliphatic rings. The van der Waals surface area contributed by atoms with Gasteiger partial charge in [0.15, 0.2) is 0 Å². The fraction of sp³-hybridized carbons (Fsp3) is 0.400. The Hall–Kier alpha value is -2.77. The SMILES string of the molecule is CCc1cc(=O)n(CCNC(=O)Cn2nc(C)ccc2=O)cn1. The molecular weight excluding hydrogens is 298 g/mol. The smallest absolute Gasteiger partial charge is 0.267 e. The molecule has 0 fully saturated rings. The summed E-state index contributed by atoms with van der Waals surface area (Å²) in [5.41, 5.74) is 0.912. The van der Waals surface area contributed by atoms with Crippen molar-refractivity contribution < 1.29 is 4.79 Å². The number of carbonyl (C=O) groups is 1. The first-order valence-electron chi connectivity index (χ1n) is 7.36. The van der Waals surface area contributed by atoms with Crippen molar-refractivity contribution in [1.29, 1.82) is 0 Å². The minimum Gasteiger partial charge on any atom is -0.353 e. The molecule has 0 atom stereocenters. The number of hydrogen-bond acceptors (Lipinski definition) is 5. The minimum atomic E-state index is -0.337. The molecule has 0 spiro atoms. The maximum atomic E-state index is 11.8. The molecule has 23 heavy (non-hydrogen) atoms. The van der Waals surface area contributed by atoms with Crippen LogP contribution in [0.2, 0.25) is 0 Å². The molecule has 0 aromatic carbocycles. The summed E-state index contributed by atoms with van der Waals surface area (Å²) in [6.45, 7) is 4.10. The van der Waals surface area contributed by atoms with Crippen LogP contribution in [-0.2, 0) is 24.3 Å². The molecule has 0 unspecified atom stereocenters. The van der Waals surface area contributed by atoms with Gasteiger partial charge in [0.05, 0.1) is 12.0 Å². The van der Waals surface area contributed by atoms with Crippen molar-refractivity contribution in [3.05, 3.63) is 56.6 Å². The third-order valence-electron chi connectivity index (χ3n) is 3.27. The Morgan fingerprint density at radius 1 is 1.26 bits per heavy atom. The Labute approximate surface area is 132 Å². The Kier molecular flexibility index (Phi) is 5.40. The molecule has 2 aromatic rings. The Morgan fingerprint density at radius 2 is 2.04 bits per heavy atom. The highest BCUT2D eigenvalue weighted by molar-refractivity contribution is 5.75. The molecule has 0 saturated heterocycles. The van der Waals surface area contributed by atoms with Crippen LogP contribution in [-0.4, -0.2) is 31.8 Å². The van der Waals surface area contributed by atoms with Gasteiger partial charge in [-0.15, -0.1) is 0 Å². The van der Waals surface area contributed by atoms with E-state index in [2.05, 4.69) is 15.4 Å². The zero-order valence-electron chi connectivity index (χ0n) is 13.2. The lowest BCUT2D eigenvalue weighted by Gasteiger charge is -2.08. The fourth-order valence-electron chi connectivity index (χ4n) is 2.00. The van der Waals surface area contributed by atoms with Crippen molar-refractivity contribution >= 4 is 5.91 Å². The fourth-order valence-corrected chi connectivity index (χ4v) is 2.00. The van der Waals surface area contributed by atoms with Crippen LogP contribution in [0.4, 0.5) is 0 Å². The van der Waals surface area contributed by atoms with Crippen molar-refractivity contribution in [3.63, 3.8) is 0 Å². The standard InChI is InChI=1S/C15H19N5O3/c1-3-12-8-15(23)19(10-17-12)7-6-16-13(21)9-20-14(22)5-4-11(2)18-20/h4-5,8,10H,3,6-7,9H2,1-2H3,(H,16,21). The molecule has 0 aliphatic heterocycles. The second-order valence-corrected chi connectivity index (χ2v) is 5.09. The van der Waals surface area contributed by atoms with Gasteiger partial charge in [-0.1, -0.05) is 6.92 Å². The Balaban J connectivity index is 1.89. The number of aromatic nitrogens is 4. The number of nitrogens with zero attached hydrogens (tertiary/aromatic N) is 4. The molecule has 1 amide bonds. The number of nitrogens with one attached hydrogen (secondary N) is 1. The molecule has 122 valence electrons. The molecule has 0 saturated carbocycles. The van der Waals surface area contributed by atoms with Crippen molar-refractivity contribution in [3.8, 4) is 0 Å². The van der Waals surface area contributed by atoms with Crippen molar-refractivity contribution in [2.24, 2.45) is 0 Å². The first kappa shape index (κ1) is 16.6. The summed E-state index contributed by atoms with van der Waals surface area (Å²) in [4.78, 5) is 39.4. The minimum absolute atomic E-state index is 0.150. The van der Waals surface area contributed by atoms with E-state index in [9.17, 15) is 14.4 Å². The lowest BCUT2D eigenvalue weighted by atomic mass is 10.3. The first-order chi connectivity index (χ1) is 11.0. The number of carbonyl (C=O) groups excluding carboxylic acids is 1. The number of amides is 1. The Morgan fingerprint density at radius 3 is 2.74 bits per heavy atom. The number of rotatable bonds is 6. The van der Waals surface area contributed by atoms with Gasteiger partial charge in [0, 0.05) is 30.9 Å². The van der Waals surface area contributed by atoms with Crippen LogP contribution in [0.5, 0.6) is 0 Å². The second-order valence-electron chi connectivity index (χ2n) is 5.09. The average Bonchev–Trinajstić information content (AvgIpc) is 2.52.